The SMILES string of the molecule is O=c1cc(-c2ccc(C(F)(F)F)nc2)ccn1-c1ccn2c3c(nc2c1)CCNC3. The van der Waals surface area contributed by atoms with E-state index in [1.807, 2.05) is 22.7 Å². The van der Waals surface area contributed by atoms with Gasteiger partial charge >= 0.3 is 6.18 Å². The van der Waals surface area contributed by atoms with Crippen molar-refractivity contribution in [3.63, 3.8) is 0 Å². The molecule has 30 heavy (non-hydrogen) atoms. The van der Waals surface area contributed by atoms with E-state index < -0.39 is 11.9 Å². The summed E-state index contributed by atoms with van der Waals surface area (Å²) in [6.07, 6.45) is 0.983. The van der Waals surface area contributed by atoms with Gasteiger partial charge < -0.3 is 9.72 Å². The summed E-state index contributed by atoms with van der Waals surface area (Å²) in [5.41, 5.74) is 3.30. The molecule has 0 saturated heterocycles. The second-order valence-electron chi connectivity index (χ2n) is 7.10. The smallest absolute Gasteiger partial charge is 0.311 e. The number of rotatable bonds is 2. The summed E-state index contributed by atoms with van der Waals surface area (Å²) >= 11 is 0. The molecule has 0 aromatic carbocycles. The Morgan fingerprint density at radius 2 is 1.90 bits per heavy atom. The van der Waals surface area contributed by atoms with E-state index in [-0.39, 0.29) is 5.56 Å². The van der Waals surface area contributed by atoms with Crippen molar-refractivity contribution < 1.29 is 13.2 Å². The van der Waals surface area contributed by atoms with E-state index in [1.165, 1.54) is 16.7 Å². The van der Waals surface area contributed by atoms with E-state index in [9.17, 15) is 18.0 Å². The lowest BCUT2D eigenvalue weighted by Gasteiger charge is -2.12. The van der Waals surface area contributed by atoms with Crippen LogP contribution in [0.3, 0.4) is 0 Å². The van der Waals surface area contributed by atoms with E-state index in [2.05, 4.69) is 15.3 Å². The number of hydrogen-bond donors (Lipinski definition) is 1. The number of halogens is 3. The van der Waals surface area contributed by atoms with Crippen LogP contribution in [0.1, 0.15) is 17.1 Å². The highest BCUT2D eigenvalue weighted by molar-refractivity contribution is 5.62. The standard InChI is InChI=1S/C21H16F3N5O/c22-21(23,24)18-2-1-14(11-26-18)13-4-7-28(20(30)9-13)15-5-8-29-17-12-25-6-3-16(17)27-19(29)10-15/h1-2,4-5,7-11,25H,3,6,12H2. The van der Waals surface area contributed by atoms with Crippen molar-refractivity contribution >= 4 is 5.65 Å². The van der Waals surface area contributed by atoms with E-state index in [4.69, 9.17) is 0 Å². The molecule has 5 rings (SSSR count). The molecule has 0 unspecified atom stereocenters. The monoisotopic (exact) mass is 411 g/mol. The van der Waals surface area contributed by atoms with Crippen LogP contribution in [0.2, 0.25) is 0 Å². The molecule has 152 valence electrons. The van der Waals surface area contributed by atoms with Gasteiger partial charge in [-0.1, -0.05) is 6.07 Å². The fourth-order valence-corrected chi connectivity index (χ4v) is 3.69. The molecule has 0 saturated carbocycles. The number of nitrogens with one attached hydrogen (secondary N) is 1. The third-order valence-electron chi connectivity index (χ3n) is 5.21. The molecule has 0 aliphatic carbocycles. The van der Waals surface area contributed by atoms with Crippen LogP contribution in [0.15, 0.2) is 59.8 Å². The van der Waals surface area contributed by atoms with Gasteiger partial charge in [0.15, 0.2) is 0 Å². The first-order valence-corrected chi connectivity index (χ1v) is 9.37. The largest absolute Gasteiger partial charge is 0.433 e. The summed E-state index contributed by atoms with van der Waals surface area (Å²) in [6, 6.07) is 8.96. The summed E-state index contributed by atoms with van der Waals surface area (Å²) in [6.45, 7) is 1.65. The van der Waals surface area contributed by atoms with Crippen LogP contribution in [-0.4, -0.2) is 25.5 Å². The minimum absolute atomic E-state index is 0.297. The Bertz CT molecular complexity index is 1310. The molecule has 0 atom stereocenters. The first-order chi connectivity index (χ1) is 14.4. The van der Waals surface area contributed by atoms with Crippen LogP contribution in [0.4, 0.5) is 13.2 Å². The predicted molar refractivity (Wildman–Crippen MR) is 104 cm³/mol. The van der Waals surface area contributed by atoms with Gasteiger partial charge in [-0.25, -0.2) is 4.98 Å². The number of alkyl halides is 3. The quantitative estimate of drug-likeness (QED) is 0.550. The predicted octanol–water partition coefficient (Wildman–Crippen LogP) is 3.21. The zero-order valence-corrected chi connectivity index (χ0v) is 15.6. The normalized spacial score (nSPS) is 14.1. The average Bonchev–Trinajstić information content (AvgIpc) is 3.11. The lowest BCUT2D eigenvalue weighted by molar-refractivity contribution is -0.141. The molecule has 4 aromatic rings. The molecule has 0 bridgehead atoms. The Morgan fingerprint density at radius 3 is 2.63 bits per heavy atom. The van der Waals surface area contributed by atoms with Crippen LogP contribution in [0, 0.1) is 0 Å². The number of hydrogen-bond acceptors (Lipinski definition) is 4. The fourth-order valence-electron chi connectivity index (χ4n) is 3.69. The summed E-state index contributed by atoms with van der Waals surface area (Å²) in [7, 11) is 0. The van der Waals surface area contributed by atoms with Crippen molar-refractivity contribution in [1.29, 1.82) is 0 Å². The Balaban J connectivity index is 1.50. The highest BCUT2D eigenvalue weighted by Gasteiger charge is 2.32. The Kier molecular flexibility index (Phi) is 4.21. The third-order valence-corrected chi connectivity index (χ3v) is 5.21. The zero-order chi connectivity index (χ0) is 20.9. The molecule has 0 fully saturated rings. The molecular weight excluding hydrogens is 395 g/mol. The van der Waals surface area contributed by atoms with Crippen molar-refractivity contribution in [2.75, 3.05) is 6.54 Å². The Labute approximate surface area is 168 Å². The molecule has 1 aliphatic heterocycles. The number of fused-ring (bicyclic) bond motifs is 3. The number of imidazole rings is 1. The highest BCUT2D eigenvalue weighted by atomic mass is 19.4. The molecule has 5 heterocycles. The second-order valence-corrected chi connectivity index (χ2v) is 7.10. The minimum atomic E-state index is -4.50. The fraction of sp³-hybridized carbons (Fsp3) is 0.190. The molecule has 1 aliphatic rings. The van der Waals surface area contributed by atoms with E-state index in [1.54, 1.807) is 12.3 Å². The van der Waals surface area contributed by atoms with Crippen molar-refractivity contribution in [3.8, 4) is 16.8 Å². The molecular formula is C21H16F3N5O. The molecule has 9 heteroatoms. The van der Waals surface area contributed by atoms with E-state index in [0.717, 1.165) is 48.8 Å². The van der Waals surface area contributed by atoms with Gasteiger partial charge in [-0.15, -0.1) is 0 Å². The van der Waals surface area contributed by atoms with Crippen molar-refractivity contribution in [1.82, 2.24) is 24.3 Å². The Hall–Kier alpha value is -3.46. The van der Waals surface area contributed by atoms with Crippen molar-refractivity contribution in [2.24, 2.45) is 0 Å². The number of pyridine rings is 3. The van der Waals surface area contributed by atoms with Gasteiger partial charge in [0, 0.05) is 55.8 Å². The van der Waals surface area contributed by atoms with Crippen LogP contribution < -0.4 is 10.9 Å². The number of aromatic nitrogens is 4. The van der Waals surface area contributed by atoms with Gasteiger partial charge in [0.05, 0.1) is 17.1 Å². The maximum Gasteiger partial charge on any atom is 0.433 e. The van der Waals surface area contributed by atoms with Gasteiger partial charge in [0.2, 0.25) is 0 Å². The summed E-state index contributed by atoms with van der Waals surface area (Å²) in [4.78, 5) is 20.8. The van der Waals surface area contributed by atoms with Gasteiger partial charge in [-0.05, 0) is 23.8 Å². The number of nitrogens with zero attached hydrogens (tertiary/aromatic N) is 4. The minimum Gasteiger partial charge on any atom is -0.311 e. The molecule has 1 N–H and O–H groups in total. The van der Waals surface area contributed by atoms with Crippen molar-refractivity contribution in [3.05, 3.63) is 82.4 Å². The zero-order valence-electron chi connectivity index (χ0n) is 15.6. The molecule has 0 radical (unpaired) electrons. The van der Waals surface area contributed by atoms with Crippen LogP contribution >= 0.6 is 0 Å². The van der Waals surface area contributed by atoms with Crippen molar-refractivity contribution in [2.45, 2.75) is 19.1 Å². The van der Waals surface area contributed by atoms with E-state index in [0.29, 0.717) is 16.8 Å². The molecule has 4 aromatic heterocycles. The van der Waals surface area contributed by atoms with Gasteiger partial charge in [-0.3, -0.25) is 14.3 Å². The van der Waals surface area contributed by atoms with Crippen LogP contribution in [0.5, 0.6) is 0 Å². The first-order valence-electron chi connectivity index (χ1n) is 9.37. The molecule has 0 spiro atoms. The lowest BCUT2D eigenvalue weighted by atomic mass is 10.1. The van der Waals surface area contributed by atoms with Gasteiger partial charge in [0.25, 0.3) is 5.56 Å². The van der Waals surface area contributed by atoms with Gasteiger partial charge in [-0.2, -0.15) is 13.2 Å². The summed E-state index contributed by atoms with van der Waals surface area (Å²) in [5, 5.41) is 3.32. The maximum atomic E-state index is 12.7. The second kappa shape index (κ2) is 6.81. The molecule has 0 amide bonds. The maximum absolute atomic E-state index is 12.7. The molecule has 6 nitrogen and oxygen atoms in total. The highest BCUT2D eigenvalue weighted by Crippen LogP contribution is 2.28. The average molecular weight is 411 g/mol. The van der Waals surface area contributed by atoms with E-state index >= 15 is 0 Å². The van der Waals surface area contributed by atoms with Gasteiger partial charge in [0.1, 0.15) is 11.3 Å². The Morgan fingerprint density at radius 1 is 1.03 bits per heavy atom. The lowest BCUT2D eigenvalue weighted by Crippen LogP contribution is -2.24. The van der Waals surface area contributed by atoms with Crippen LogP contribution in [0.25, 0.3) is 22.5 Å². The topological polar surface area (TPSA) is 64.2 Å². The van der Waals surface area contributed by atoms with Crippen LogP contribution in [-0.2, 0) is 19.1 Å². The summed E-state index contributed by atoms with van der Waals surface area (Å²) in [5.74, 6) is 0. The third kappa shape index (κ3) is 3.17. The summed E-state index contributed by atoms with van der Waals surface area (Å²) < 4.78 is 41.6. The first kappa shape index (κ1) is 18.6.